The van der Waals surface area contributed by atoms with Crippen molar-refractivity contribution in [3.63, 3.8) is 0 Å². The van der Waals surface area contributed by atoms with Gasteiger partial charge in [0.25, 0.3) is 11.6 Å². The van der Waals surface area contributed by atoms with Gasteiger partial charge in [-0.05, 0) is 42.5 Å². The first-order valence-corrected chi connectivity index (χ1v) is 10.6. The van der Waals surface area contributed by atoms with E-state index in [0.29, 0.717) is 5.69 Å². The predicted octanol–water partition coefficient (Wildman–Crippen LogP) is 4.66. The van der Waals surface area contributed by atoms with Gasteiger partial charge in [0.2, 0.25) is 0 Å². The van der Waals surface area contributed by atoms with Crippen LogP contribution in [0, 0.1) is 10.1 Å². The molecule has 2 aromatic carbocycles. The summed E-state index contributed by atoms with van der Waals surface area (Å²) in [5.74, 6) is -2.54. The number of nitro benzene ring substituents is 1. The molecule has 0 saturated carbocycles. The summed E-state index contributed by atoms with van der Waals surface area (Å²) in [5, 5.41) is 29.3. The van der Waals surface area contributed by atoms with Gasteiger partial charge in [0.1, 0.15) is 11.5 Å². The summed E-state index contributed by atoms with van der Waals surface area (Å²) in [5.41, 5.74) is 0.0817. The van der Waals surface area contributed by atoms with Crippen molar-refractivity contribution < 1.29 is 33.9 Å². The molecule has 12 heteroatoms. The number of hydrogen-bond acceptors (Lipinski definition) is 8. The van der Waals surface area contributed by atoms with Crippen LogP contribution >= 0.6 is 24.0 Å². The van der Waals surface area contributed by atoms with E-state index in [1.54, 1.807) is 6.07 Å². The van der Waals surface area contributed by atoms with Gasteiger partial charge < -0.3 is 14.6 Å². The Morgan fingerprint density at radius 1 is 1.03 bits per heavy atom. The van der Waals surface area contributed by atoms with Crippen LogP contribution in [0.25, 0.3) is 17.4 Å². The van der Waals surface area contributed by atoms with Gasteiger partial charge in [0.05, 0.1) is 26.6 Å². The van der Waals surface area contributed by atoms with E-state index in [1.807, 2.05) is 0 Å². The number of non-ortho nitro benzene ring substituents is 1. The van der Waals surface area contributed by atoms with Crippen molar-refractivity contribution in [1.29, 1.82) is 0 Å². The number of aromatic carboxylic acids is 2. The second-order valence-electron chi connectivity index (χ2n) is 6.90. The lowest BCUT2D eigenvalue weighted by atomic mass is 10.0. The molecular formula is C22H12N2O8S2. The van der Waals surface area contributed by atoms with Gasteiger partial charge in [-0.25, -0.2) is 9.59 Å². The molecule has 170 valence electrons. The molecular weight excluding hydrogens is 484 g/mol. The maximum Gasteiger partial charge on any atom is 0.335 e. The fraction of sp³-hybridized carbons (Fsp3) is 0. The SMILES string of the molecule is O=C(O)c1cc(C(=O)O)cc(-c2ccc(/C=C3\SC(=S)N(c4ccc([N+](=O)[O-])cc4)C3=O)o2)c1. The first kappa shape index (κ1) is 22.9. The van der Waals surface area contributed by atoms with E-state index in [9.17, 15) is 34.7 Å². The number of hydrogen-bond donors (Lipinski definition) is 2. The molecule has 0 aliphatic carbocycles. The van der Waals surface area contributed by atoms with Gasteiger partial charge in [0, 0.05) is 23.8 Å². The minimum absolute atomic E-state index is 0.120. The van der Waals surface area contributed by atoms with Crippen molar-refractivity contribution >= 4 is 63.6 Å². The van der Waals surface area contributed by atoms with Crippen LogP contribution < -0.4 is 4.90 Å². The van der Waals surface area contributed by atoms with Gasteiger partial charge in [-0.15, -0.1) is 0 Å². The number of carboxylic acid groups (broad SMARTS) is 2. The summed E-state index contributed by atoms with van der Waals surface area (Å²) in [6.07, 6.45) is 1.45. The Kier molecular flexibility index (Phi) is 6.01. The summed E-state index contributed by atoms with van der Waals surface area (Å²) >= 11 is 6.31. The Hall–Kier alpha value is -4.29. The Labute approximate surface area is 200 Å². The van der Waals surface area contributed by atoms with Crippen molar-refractivity contribution in [2.75, 3.05) is 4.90 Å². The first-order valence-electron chi connectivity index (χ1n) is 9.38. The molecule has 0 spiro atoms. The zero-order valence-electron chi connectivity index (χ0n) is 16.8. The molecule has 0 radical (unpaired) electrons. The molecule has 1 amide bonds. The molecule has 2 N–H and O–H groups in total. The molecule has 2 heterocycles. The third-order valence-electron chi connectivity index (χ3n) is 4.72. The maximum atomic E-state index is 12.9. The minimum Gasteiger partial charge on any atom is -0.478 e. The van der Waals surface area contributed by atoms with E-state index in [-0.39, 0.29) is 43.1 Å². The lowest BCUT2D eigenvalue weighted by Gasteiger charge is -2.13. The van der Waals surface area contributed by atoms with Gasteiger partial charge in [-0.3, -0.25) is 19.8 Å². The van der Waals surface area contributed by atoms with Gasteiger partial charge >= 0.3 is 11.9 Å². The summed E-state index contributed by atoms with van der Waals surface area (Å²) < 4.78 is 5.94. The highest BCUT2D eigenvalue weighted by Gasteiger charge is 2.33. The van der Waals surface area contributed by atoms with Crippen LogP contribution in [0.5, 0.6) is 0 Å². The number of carbonyl (C=O) groups is 3. The van der Waals surface area contributed by atoms with Crippen LogP contribution in [0.2, 0.25) is 0 Å². The molecule has 1 aliphatic heterocycles. The van der Waals surface area contributed by atoms with Crippen molar-refractivity contribution in [1.82, 2.24) is 0 Å². The second-order valence-corrected chi connectivity index (χ2v) is 8.58. The van der Waals surface area contributed by atoms with Gasteiger partial charge in [0.15, 0.2) is 4.32 Å². The quantitative estimate of drug-likeness (QED) is 0.213. The molecule has 1 aliphatic rings. The zero-order chi connectivity index (χ0) is 24.6. The third-order valence-corrected chi connectivity index (χ3v) is 6.03. The van der Waals surface area contributed by atoms with Crippen molar-refractivity contribution in [3.05, 3.63) is 86.5 Å². The van der Waals surface area contributed by atoms with Crippen LogP contribution in [0.3, 0.4) is 0 Å². The average molecular weight is 496 g/mol. The predicted molar refractivity (Wildman–Crippen MR) is 127 cm³/mol. The topological polar surface area (TPSA) is 151 Å². The van der Waals surface area contributed by atoms with Gasteiger partial charge in [-0.2, -0.15) is 0 Å². The largest absolute Gasteiger partial charge is 0.478 e. The molecule has 4 rings (SSSR count). The normalized spacial score (nSPS) is 14.6. The second kappa shape index (κ2) is 8.92. The van der Waals surface area contributed by atoms with E-state index in [0.717, 1.165) is 17.8 Å². The highest BCUT2D eigenvalue weighted by atomic mass is 32.2. The lowest BCUT2D eigenvalue weighted by molar-refractivity contribution is -0.384. The fourth-order valence-electron chi connectivity index (χ4n) is 3.15. The van der Waals surface area contributed by atoms with E-state index < -0.39 is 22.8 Å². The highest BCUT2D eigenvalue weighted by molar-refractivity contribution is 8.27. The van der Waals surface area contributed by atoms with Crippen molar-refractivity contribution in [2.45, 2.75) is 0 Å². The van der Waals surface area contributed by atoms with E-state index in [1.165, 1.54) is 53.4 Å². The summed E-state index contributed by atoms with van der Waals surface area (Å²) in [7, 11) is 0. The Morgan fingerprint density at radius 3 is 2.21 bits per heavy atom. The summed E-state index contributed by atoms with van der Waals surface area (Å²) in [4.78, 5) is 47.4. The first-order chi connectivity index (χ1) is 16.1. The summed E-state index contributed by atoms with van der Waals surface area (Å²) in [6, 6.07) is 12.1. The van der Waals surface area contributed by atoms with Crippen LogP contribution in [-0.4, -0.2) is 37.3 Å². The third kappa shape index (κ3) is 4.44. The van der Waals surface area contributed by atoms with Crippen LogP contribution in [-0.2, 0) is 4.79 Å². The molecule has 1 saturated heterocycles. The van der Waals surface area contributed by atoms with Crippen LogP contribution in [0.1, 0.15) is 26.5 Å². The number of rotatable bonds is 6. The number of nitro groups is 1. The molecule has 34 heavy (non-hydrogen) atoms. The monoisotopic (exact) mass is 496 g/mol. The van der Waals surface area contributed by atoms with Gasteiger partial charge in [-0.1, -0.05) is 24.0 Å². The lowest BCUT2D eigenvalue weighted by Crippen LogP contribution is -2.27. The zero-order valence-corrected chi connectivity index (χ0v) is 18.5. The van der Waals surface area contributed by atoms with E-state index in [4.69, 9.17) is 16.6 Å². The highest BCUT2D eigenvalue weighted by Crippen LogP contribution is 2.37. The molecule has 0 bridgehead atoms. The number of thioether (sulfide) groups is 1. The number of nitrogens with zero attached hydrogens (tertiary/aromatic N) is 2. The van der Waals surface area contributed by atoms with Crippen LogP contribution in [0.15, 0.2) is 63.9 Å². The molecule has 3 aromatic rings. The maximum absolute atomic E-state index is 12.9. The molecule has 1 fully saturated rings. The Balaban J connectivity index is 1.62. The molecule has 10 nitrogen and oxygen atoms in total. The molecule has 1 aromatic heterocycles. The Morgan fingerprint density at radius 2 is 1.65 bits per heavy atom. The van der Waals surface area contributed by atoms with Crippen LogP contribution in [0.4, 0.5) is 11.4 Å². The number of amides is 1. The summed E-state index contributed by atoms with van der Waals surface area (Å²) in [6.45, 7) is 0. The van der Waals surface area contributed by atoms with E-state index >= 15 is 0 Å². The van der Waals surface area contributed by atoms with E-state index in [2.05, 4.69) is 0 Å². The smallest absolute Gasteiger partial charge is 0.335 e. The standard InChI is InChI=1S/C22H12N2O8S2/c25-19-18(34-22(33)23(19)14-1-3-15(4-2-14)24(30)31)10-16-5-6-17(32-16)11-7-12(20(26)27)9-13(8-11)21(28)29/h1-10H,(H,26,27)(H,28,29)/b18-10-. The fourth-order valence-corrected chi connectivity index (χ4v) is 4.42. The van der Waals surface area contributed by atoms with Crippen molar-refractivity contribution in [3.8, 4) is 11.3 Å². The number of benzene rings is 2. The number of furan rings is 1. The molecule has 0 unspecified atom stereocenters. The minimum atomic E-state index is -1.29. The number of anilines is 1. The number of carboxylic acids is 2. The Bertz CT molecular complexity index is 1380. The van der Waals surface area contributed by atoms with Crippen molar-refractivity contribution in [2.24, 2.45) is 0 Å². The number of carbonyl (C=O) groups excluding carboxylic acids is 1. The molecule has 0 atom stereocenters. The average Bonchev–Trinajstić information content (AvgIpc) is 3.37. The number of thiocarbonyl (C=S) groups is 1.